The predicted molar refractivity (Wildman–Crippen MR) is 49.9 cm³/mol. The van der Waals surface area contributed by atoms with Crippen LogP contribution in [-0.2, 0) is 9.05 Å². The first-order valence-electron chi connectivity index (χ1n) is 3.79. The van der Waals surface area contributed by atoms with Gasteiger partial charge in [0.2, 0.25) is 0 Å². The van der Waals surface area contributed by atoms with E-state index < -0.39 is 31.5 Å². The Hall–Kier alpha value is -1.08. The normalized spacial score (nSPS) is 12.5. The SMILES string of the molecule is O=C(c1ccccc1S(=O)(=O)Cl)C(F)(F)F. The summed E-state index contributed by atoms with van der Waals surface area (Å²) in [6.45, 7) is 0. The third kappa shape index (κ3) is 2.73. The molecule has 0 aliphatic rings. The van der Waals surface area contributed by atoms with Crippen LogP contribution in [0.1, 0.15) is 10.4 Å². The highest BCUT2D eigenvalue weighted by molar-refractivity contribution is 8.13. The maximum absolute atomic E-state index is 12.1. The van der Waals surface area contributed by atoms with E-state index in [4.69, 9.17) is 10.7 Å². The molecule has 0 unspecified atom stereocenters. The highest BCUT2D eigenvalue weighted by Gasteiger charge is 2.41. The van der Waals surface area contributed by atoms with Crippen LogP contribution in [0.5, 0.6) is 0 Å². The average Bonchev–Trinajstić information content (AvgIpc) is 2.14. The lowest BCUT2D eigenvalue weighted by Gasteiger charge is -2.07. The molecular weight excluding hydrogens is 269 g/mol. The van der Waals surface area contributed by atoms with Crippen LogP contribution in [-0.4, -0.2) is 20.4 Å². The Bertz CT molecular complexity index is 522. The van der Waals surface area contributed by atoms with Crippen molar-refractivity contribution in [1.82, 2.24) is 0 Å². The van der Waals surface area contributed by atoms with E-state index in [0.717, 1.165) is 18.2 Å². The van der Waals surface area contributed by atoms with Gasteiger partial charge in [0, 0.05) is 16.2 Å². The third-order valence-electron chi connectivity index (χ3n) is 1.65. The fraction of sp³-hybridized carbons (Fsp3) is 0.125. The zero-order chi connectivity index (χ0) is 12.6. The maximum atomic E-state index is 12.1. The van der Waals surface area contributed by atoms with Crippen LogP contribution in [0.15, 0.2) is 29.2 Å². The van der Waals surface area contributed by atoms with Crippen molar-refractivity contribution in [3.8, 4) is 0 Å². The van der Waals surface area contributed by atoms with E-state index in [-0.39, 0.29) is 0 Å². The molecule has 0 atom stereocenters. The Kier molecular flexibility index (Phi) is 3.30. The summed E-state index contributed by atoms with van der Waals surface area (Å²) in [5.41, 5.74) is -0.981. The molecule has 0 radical (unpaired) electrons. The molecule has 0 spiro atoms. The van der Waals surface area contributed by atoms with Crippen molar-refractivity contribution in [3.05, 3.63) is 29.8 Å². The lowest BCUT2D eigenvalue weighted by molar-refractivity contribution is -0.0887. The van der Waals surface area contributed by atoms with Crippen molar-refractivity contribution in [2.75, 3.05) is 0 Å². The summed E-state index contributed by atoms with van der Waals surface area (Å²) in [4.78, 5) is 10.0. The van der Waals surface area contributed by atoms with Gasteiger partial charge in [-0.2, -0.15) is 13.2 Å². The number of ketones is 1. The molecule has 0 heterocycles. The number of Topliss-reactive ketones (excluding diaryl/α,β-unsaturated/α-hetero) is 1. The van der Waals surface area contributed by atoms with E-state index in [0.29, 0.717) is 0 Å². The van der Waals surface area contributed by atoms with Gasteiger partial charge >= 0.3 is 6.18 Å². The van der Waals surface area contributed by atoms with Crippen molar-refractivity contribution >= 4 is 25.5 Å². The van der Waals surface area contributed by atoms with Gasteiger partial charge in [-0.15, -0.1) is 0 Å². The van der Waals surface area contributed by atoms with Crippen molar-refractivity contribution in [1.29, 1.82) is 0 Å². The van der Waals surface area contributed by atoms with Crippen LogP contribution in [0.2, 0.25) is 0 Å². The summed E-state index contributed by atoms with van der Waals surface area (Å²) in [6.07, 6.45) is -5.14. The molecule has 88 valence electrons. The average molecular weight is 273 g/mol. The van der Waals surface area contributed by atoms with Crippen LogP contribution in [0.25, 0.3) is 0 Å². The molecule has 0 aliphatic heterocycles. The highest BCUT2D eigenvalue weighted by Crippen LogP contribution is 2.27. The maximum Gasteiger partial charge on any atom is 0.454 e. The van der Waals surface area contributed by atoms with Crippen LogP contribution in [0.4, 0.5) is 13.2 Å². The number of carbonyl (C=O) groups is 1. The quantitative estimate of drug-likeness (QED) is 0.613. The number of benzene rings is 1. The number of rotatable bonds is 2. The smallest absolute Gasteiger partial charge is 0.284 e. The predicted octanol–water partition coefficient (Wildman–Crippen LogP) is 2.36. The van der Waals surface area contributed by atoms with Gasteiger partial charge < -0.3 is 0 Å². The van der Waals surface area contributed by atoms with Gasteiger partial charge in [0.25, 0.3) is 14.8 Å². The van der Waals surface area contributed by atoms with E-state index in [1.807, 2.05) is 0 Å². The molecule has 0 bridgehead atoms. The summed E-state index contributed by atoms with van der Waals surface area (Å²) in [7, 11) is 0.523. The van der Waals surface area contributed by atoms with Gasteiger partial charge in [0.05, 0.1) is 4.90 Å². The van der Waals surface area contributed by atoms with E-state index in [9.17, 15) is 26.4 Å². The minimum atomic E-state index is -5.14. The summed E-state index contributed by atoms with van der Waals surface area (Å²) in [5, 5.41) is 0. The number of hydrogen-bond acceptors (Lipinski definition) is 3. The largest absolute Gasteiger partial charge is 0.454 e. The van der Waals surface area contributed by atoms with Crippen molar-refractivity contribution < 1.29 is 26.4 Å². The van der Waals surface area contributed by atoms with Gasteiger partial charge in [-0.1, -0.05) is 12.1 Å². The minimum absolute atomic E-state index is 0.755. The number of hydrogen-bond donors (Lipinski definition) is 0. The van der Waals surface area contributed by atoms with Gasteiger partial charge in [-0.25, -0.2) is 8.42 Å². The van der Waals surface area contributed by atoms with Crippen LogP contribution < -0.4 is 0 Å². The van der Waals surface area contributed by atoms with Crippen LogP contribution in [0, 0.1) is 0 Å². The van der Waals surface area contributed by atoms with E-state index in [2.05, 4.69) is 0 Å². The highest BCUT2D eigenvalue weighted by atomic mass is 35.7. The van der Waals surface area contributed by atoms with Gasteiger partial charge in [-0.05, 0) is 12.1 Å². The Morgan fingerprint density at radius 1 is 1.19 bits per heavy atom. The molecule has 0 aromatic heterocycles. The molecule has 1 aromatic rings. The minimum Gasteiger partial charge on any atom is -0.284 e. The zero-order valence-electron chi connectivity index (χ0n) is 7.45. The fourth-order valence-corrected chi connectivity index (χ4v) is 2.09. The molecule has 0 fully saturated rings. The number of alkyl halides is 3. The Balaban J connectivity index is 3.42. The van der Waals surface area contributed by atoms with Gasteiger partial charge in [-0.3, -0.25) is 4.79 Å². The molecular formula is C8H4ClF3O3S. The lowest BCUT2D eigenvalue weighted by atomic mass is 10.1. The molecule has 0 N–H and O–H groups in total. The zero-order valence-corrected chi connectivity index (χ0v) is 9.03. The standard InChI is InChI=1S/C8H4ClF3O3S/c9-16(14,15)6-4-2-1-3-5(6)7(13)8(10,11)12/h1-4H. The molecule has 16 heavy (non-hydrogen) atoms. The summed E-state index contributed by atoms with van der Waals surface area (Å²) >= 11 is 0. The topological polar surface area (TPSA) is 51.2 Å². The Morgan fingerprint density at radius 2 is 1.69 bits per heavy atom. The van der Waals surface area contributed by atoms with Gasteiger partial charge in [0.15, 0.2) is 0 Å². The van der Waals surface area contributed by atoms with Crippen molar-refractivity contribution in [3.63, 3.8) is 0 Å². The van der Waals surface area contributed by atoms with Gasteiger partial charge in [0.1, 0.15) is 0 Å². The van der Waals surface area contributed by atoms with Crippen LogP contribution in [0.3, 0.4) is 0 Å². The summed E-state index contributed by atoms with van der Waals surface area (Å²) < 4.78 is 58.2. The molecule has 3 nitrogen and oxygen atoms in total. The van der Waals surface area contributed by atoms with Crippen molar-refractivity contribution in [2.24, 2.45) is 0 Å². The second-order valence-electron chi connectivity index (χ2n) is 2.76. The molecule has 0 amide bonds. The second-order valence-corrected chi connectivity index (χ2v) is 5.30. The third-order valence-corrected chi connectivity index (χ3v) is 3.03. The first-order chi connectivity index (χ1) is 7.14. The molecule has 8 heteroatoms. The summed E-state index contributed by atoms with van der Waals surface area (Å²) in [6, 6.07) is 3.87. The molecule has 0 saturated carbocycles. The number of halogens is 4. The second kappa shape index (κ2) is 4.06. The monoisotopic (exact) mass is 272 g/mol. The van der Waals surface area contributed by atoms with Crippen molar-refractivity contribution in [2.45, 2.75) is 11.1 Å². The molecule has 0 saturated heterocycles. The van der Waals surface area contributed by atoms with E-state index in [1.54, 1.807) is 0 Å². The fourth-order valence-electron chi connectivity index (χ4n) is 1.02. The Labute approximate surface area is 93.3 Å². The van der Waals surface area contributed by atoms with E-state index >= 15 is 0 Å². The molecule has 1 rings (SSSR count). The Morgan fingerprint density at radius 3 is 2.12 bits per heavy atom. The first-order valence-corrected chi connectivity index (χ1v) is 6.10. The molecule has 0 aliphatic carbocycles. The first kappa shape index (κ1) is 13.0. The summed E-state index contributed by atoms with van der Waals surface area (Å²) in [5.74, 6) is -2.24. The van der Waals surface area contributed by atoms with E-state index in [1.165, 1.54) is 6.07 Å². The molecule has 1 aromatic carbocycles. The lowest BCUT2D eigenvalue weighted by Crippen LogP contribution is -2.24. The number of carbonyl (C=O) groups excluding carboxylic acids is 1. The van der Waals surface area contributed by atoms with Crippen LogP contribution >= 0.6 is 10.7 Å².